The van der Waals surface area contributed by atoms with Gasteiger partial charge >= 0.3 is 23.9 Å². The number of hydrogen-bond donors (Lipinski definition) is 0. The highest BCUT2D eigenvalue weighted by atomic mass is 16.8. The third kappa shape index (κ3) is 14.7. The van der Waals surface area contributed by atoms with Crippen LogP contribution in [0.5, 0.6) is 11.5 Å². The van der Waals surface area contributed by atoms with Crippen LogP contribution in [-0.4, -0.2) is 96.0 Å². The van der Waals surface area contributed by atoms with E-state index in [4.69, 9.17) is 37.9 Å². The average molecular weight is 825 g/mol. The second kappa shape index (κ2) is 24.4. The first-order valence-corrected chi connectivity index (χ1v) is 19.7. The first-order chi connectivity index (χ1) is 29.3. The molecule has 5 rings (SSSR count). The van der Waals surface area contributed by atoms with Gasteiger partial charge in [-0.3, -0.25) is 0 Å². The van der Waals surface area contributed by atoms with Crippen molar-refractivity contribution in [3.63, 3.8) is 0 Å². The third-order valence-electron chi connectivity index (χ3n) is 8.77. The van der Waals surface area contributed by atoms with E-state index in [1.807, 2.05) is 0 Å². The van der Waals surface area contributed by atoms with Crippen LogP contribution in [0, 0.1) is 0 Å². The summed E-state index contributed by atoms with van der Waals surface area (Å²) in [4.78, 5) is 65.8. The zero-order valence-electron chi connectivity index (χ0n) is 33.2. The molecule has 1 saturated heterocycles. The van der Waals surface area contributed by atoms with E-state index >= 15 is 0 Å². The number of carbonyl (C=O) groups is 4. The van der Waals surface area contributed by atoms with Gasteiger partial charge in [-0.05, 0) is 75.6 Å². The second-order valence-corrected chi connectivity index (χ2v) is 13.2. The maximum absolute atomic E-state index is 13.1. The summed E-state index contributed by atoms with van der Waals surface area (Å²) in [7, 11) is 0. The molecule has 0 spiro atoms. The van der Waals surface area contributed by atoms with E-state index in [1.54, 1.807) is 73.3 Å². The van der Waals surface area contributed by atoms with Gasteiger partial charge in [0.1, 0.15) is 0 Å². The minimum absolute atomic E-state index is 0.131. The average Bonchev–Trinajstić information content (AvgIpc) is 3.29. The second-order valence-electron chi connectivity index (χ2n) is 13.2. The van der Waals surface area contributed by atoms with Gasteiger partial charge in [-0.1, -0.05) is 37.4 Å². The fraction of sp³-hybridized carbons (Fsp3) is 0.364. The lowest BCUT2D eigenvalue weighted by molar-refractivity contribution is -0.288. The smallest absolute Gasteiger partial charge is 0.340 e. The third-order valence-corrected chi connectivity index (χ3v) is 8.77. The zero-order chi connectivity index (χ0) is 42.4. The number of nitrogens with zero attached hydrogens (tertiary/aromatic N) is 4. The molecule has 2 aromatic carbocycles. The van der Waals surface area contributed by atoms with Gasteiger partial charge in [-0.25, -0.2) is 39.1 Å². The number of aromatic nitrogens is 4. The molecule has 16 nitrogen and oxygen atoms in total. The summed E-state index contributed by atoms with van der Waals surface area (Å²) < 4.78 is 43.7. The molecule has 0 amide bonds. The summed E-state index contributed by atoms with van der Waals surface area (Å²) in [5, 5.41) is 0. The first kappa shape index (κ1) is 44.6. The Kier molecular flexibility index (Phi) is 18.1. The summed E-state index contributed by atoms with van der Waals surface area (Å²) in [6, 6.07) is 13.0. The minimum Gasteiger partial charge on any atom is -0.490 e. The van der Waals surface area contributed by atoms with E-state index in [0.29, 0.717) is 60.7 Å². The molecule has 0 N–H and O–H groups in total. The Hall–Kier alpha value is -6.52. The van der Waals surface area contributed by atoms with Gasteiger partial charge in [0.05, 0.1) is 75.6 Å². The minimum atomic E-state index is -1.30. The van der Waals surface area contributed by atoms with Gasteiger partial charge in [0, 0.05) is 23.3 Å². The number of ether oxygens (including phenoxy) is 8. The molecule has 3 heterocycles. The molecule has 2 atom stereocenters. The summed E-state index contributed by atoms with van der Waals surface area (Å²) in [6.07, 6.45) is 12.9. The number of hydrogen-bond acceptors (Lipinski definition) is 16. The highest BCUT2D eigenvalue weighted by molar-refractivity contribution is 5.91. The van der Waals surface area contributed by atoms with Crippen LogP contribution in [0.4, 0.5) is 0 Å². The molecule has 0 radical (unpaired) electrons. The summed E-state index contributed by atoms with van der Waals surface area (Å²) in [5.41, 5.74) is 1.80. The molecule has 2 aromatic heterocycles. The normalized spacial score (nSPS) is 14.6. The Morgan fingerprint density at radius 3 is 1.23 bits per heavy atom. The van der Waals surface area contributed by atoms with Crippen molar-refractivity contribution in [3.8, 4) is 34.3 Å². The maximum atomic E-state index is 13.1. The lowest BCUT2D eigenvalue weighted by Gasteiger charge is -2.30. The van der Waals surface area contributed by atoms with Gasteiger partial charge in [0.25, 0.3) is 12.6 Å². The van der Waals surface area contributed by atoms with Crippen LogP contribution in [0.15, 0.2) is 98.6 Å². The standard InChI is InChI=1S/C44H48N4O12/c1-3-37(49)55-23-11-7-5-9-21-53-35-27-45-39(46-28-35)31-13-17-33(18-14-31)41(51)59-43-44(58-26-25-57-43)60-42(52)34-19-15-32(16-20-34)40-47-29-36(30-48-40)54-22-10-6-8-12-24-56-38(50)4-2/h3-4,13-20,27-30,43-44H,1-2,5-12,21-26H2/t43-,44-/m1/s1. The van der Waals surface area contributed by atoms with Crippen molar-refractivity contribution >= 4 is 23.9 Å². The van der Waals surface area contributed by atoms with E-state index in [1.165, 1.54) is 0 Å². The Bertz CT molecular complexity index is 1850. The Labute approximate surface area is 347 Å². The van der Waals surface area contributed by atoms with Crippen LogP contribution >= 0.6 is 0 Å². The van der Waals surface area contributed by atoms with Crippen LogP contribution in [0.2, 0.25) is 0 Å². The predicted molar refractivity (Wildman–Crippen MR) is 215 cm³/mol. The summed E-state index contributed by atoms with van der Waals surface area (Å²) >= 11 is 0. The fourth-order valence-electron chi connectivity index (χ4n) is 5.56. The summed E-state index contributed by atoms with van der Waals surface area (Å²) in [6.45, 7) is 8.75. The molecule has 60 heavy (non-hydrogen) atoms. The molecule has 316 valence electrons. The Morgan fingerprint density at radius 2 is 0.883 bits per heavy atom. The van der Waals surface area contributed by atoms with Gasteiger partial charge in [-0.2, -0.15) is 0 Å². The van der Waals surface area contributed by atoms with Gasteiger partial charge < -0.3 is 37.9 Å². The Balaban J connectivity index is 1.02. The predicted octanol–water partition coefficient (Wildman–Crippen LogP) is 6.65. The quantitative estimate of drug-likeness (QED) is 0.0315. The highest BCUT2D eigenvalue weighted by Gasteiger charge is 2.34. The SMILES string of the molecule is C=CC(=O)OCCCCCCOc1cnc(-c2ccc(C(=O)O[C@H]3OCCO[C@@H]3OC(=O)c3ccc(-c4ncc(OCCCCCCOC(=O)C=C)cn4)cc3)cc2)nc1. The zero-order valence-corrected chi connectivity index (χ0v) is 33.2. The van der Waals surface area contributed by atoms with Gasteiger partial charge in [-0.15, -0.1) is 0 Å². The molecule has 0 saturated carbocycles. The molecular formula is C44H48N4O12. The fourth-order valence-corrected chi connectivity index (χ4v) is 5.56. The van der Waals surface area contributed by atoms with Crippen LogP contribution < -0.4 is 9.47 Å². The monoisotopic (exact) mass is 824 g/mol. The number of benzene rings is 2. The van der Waals surface area contributed by atoms with Crippen LogP contribution in [0.1, 0.15) is 72.1 Å². The number of esters is 4. The lowest BCUT2D eigenvalue weighted by atomic mass is 10.1. The molecule has 16 heteroatoms. The molecule has 0 aliphatic carbocycles. The van der Waals surface area contributed by atoms with Crippen LogP contribution in [0.25, 0.3) is 22.8 Å². The van der Waals surface area contributed by atoms with E-state index in [-0.39, 0.29) is 24.3 Å². The van der Waals surface area contributed by atoms with E-state index in [9.17, 15) is 19.2 Å². The van der Waals surface area contributed by atoms with Crippen LogP contribution in [0.3, 0.4) is 0 Å². The van der Waals surface area contributed by atoms with Crippen molar-refractivity contribution in [2.24, 2.45) is 0 Å². The van der Waals surface area contributed by atoms with Crippen molar-refractivity contribution in [2.45, 2.75) is 63.9 Å². The number of unbranched alkanes of at least 4 members (excludes halogenated alkanes) is 6. The van der Waals surface area contributed by atoms with Crippen molar-refractivity contribution in [2.75, 3.05) is 39.6 Å². The summed E-state index contributed by atoms with van der Waals surface area (Å²) in [5.74, 6) is -0.286. The lowest BCUT2D eigenvalue weighted by Crippen LogP contribution is -2.44. The maximum Gasteiger partial charge on any atom is 0.340 e. The van der Waals surface area contributed by atoms with Gasteiger partial charge in [0.2, 0.25) is 0 Å². The first-order valence-electron chi connectivity index (χ1n) is 19.7. The molecule has 0 unspecified atom stereocenters. The molecule has 1 aliphatic heterocycles. The van der Waals surface area contributed by atoms with Crippen molar-refractivity contribution in [3.05, 3.63) is 110 Å². The number of rotatable bonds is 24. The van der Waals surface area contributed by atoms with Crippen LogP contribution in [-0.2, 0) is 38.0 Å². The Morgan fingerprint density at radius 1 is 0.533 bits per heavy atom. The molecule has 0 bridgehead atoms. The van der Waals surface area contributed by atoms with Gasteiger partial charge in [0.15, 0.2) is 23.1 Å². The molecule has 1 fully saturated rings. The van der Waals surface area contributed by atoms with E-state index in [0.717, 1.165) is 63.5 Å². The molecule has 4 aromatic rings. The van der Waals surface area contributed by atoms with E-state index < -0.39 is 36.5 Å². The van der Waals surface area contributed by atoms with Crippen molar-refractivity contribution < 1.29 is 57.1 Å². The van der Waals surface area contributed by atoms with Crippen molar-refractivity contribution in [1.82, 2.24) is 19.9 Å². The van der Waals surface area contributed by atoms with E-state index in [2.05, 4.69) is 33.1 Å². The topological polar surface area (TPSA) is 194 Å². The molecule has 1 aliphatic rings. The number of carbonyl (C=O) groups excluding carboxylic acids is 4. The van der Waals surface area contributed by atoms with Crippen molar-refractivity contribution in [1.29, 1.82) is 0 Å². The highest BCUT2D eigenvalue weighted by Crippen LogP contribution is 2.22. The molecular weight excluding hydrogens is 776 g/mol. The largest absolute Gasteiger partial charge is 0.490 e.